The van der Waals surface area contributed by atoms with E-state index in [4.69, 9.17) is 0 Å². The number of aromatic amines is 1. The second-order valence-corrected chi connectivity index (χ2v) is 10.7. The number of nitrogens with zero attached hydrogens (tertiary/aromatic N) is 5. The zero-order valence-corrected chi connectivity index (χ0v) is 22.3. The second-order valence-electron chi connectivity index (χ2n) is 10.7. The quantitative estimate of drug-likeness (QED) is 0.324. The number of H-pyrrole nitrogens is 1. The Bertz CT molecular complexity index is 1360. The molecule has 0 fully saturated rings. The highest BCUT2D eigenvalue weighted by Gasteiger charge is 2.33. The molecule has 0 saturated carbocycles. The maximum absolute atomic E-state index is 13.2. The lowest BCUT2D eigenvalue weighted by atomic mass is 9.97. The lowest BCUT2D eigenvalue weighted by molar-refractivity contribution is 0.127. The van der Waals surface area contributed by atoms with E-state index < -0.39 is 0 Å². The monoisotopic (exact) mass is 486 g/mol. The third kappa shape index (κ3) is 5.41. The first kappa shape index (κ1) is 25.8. The molecule has 0 aliphatic heterocycles. The highest BCUT2D eigenvalue weighted by molar-refractivity contribution is 5.81. The molecule has 0 unspecified atom stereocenters. The molecule has 0 spiro atoms. The highest BCUT2D eigenvalue weighted by Crippen LogP contribution is 2.32. The fraction of sp³-hybridized carbons (Fsp3) is 0.448. The number of fused-ring (bicyclic) bond motifs is 1. The molecule has 36 heavy (non-hydrogen) atoms. The smallest absolute Gasteiger partial charge is 0.252 e. The summed E-state index contributed by atoms with van der Waals surface area (Å²) in [5.41, 5.74) is 3.73. The summed E-state index contributed by atoms with van der Waals surface area (Å²) in [4.78, 5) is 18.7. The van der Waals surface area contributed by atoms with Gasteiger partial charge in [0.1, 0.15) is 0 Å². The van der Waals surface area contributed by atoms with Gasteiger partial charge in [0.2, 0.25) is 0 Å². The van der Waals surface area contributed by atoms with E-state index >= 15 is 0 Å². The minimum absolute atomic E-state index is 0.0440. The highest BCUT2D eigenvalue weighted by atomic mass is 16.1. The minimum atomic E-state index is -0.213. The maximum Gasteiger partial charge on any atom is 0.252 e. The number of hydrogen-bond acceptors (Lipinski definition) is 5. The summed E-state index contributed by atoms with van der Waals surface area (Å²) < 4.78 is 1.97. The molecule has 2 heterocycles. The molecule has 2 aromatic heterocycles. The van der Waals surface area contributed by atoms with Crippen molar-refractivity contribution in [3.63, 3.8) is 0 Å². The summed E-state index contributed by atoms with van der Waals surface area (Å²) in [7, 11) is 0. The van der Waals surface area contributed by atoms with E-state index in [1.54, 1.807) is 0 Å². The van der Waals surface area contributed by atoms with E-state index in [1.807, 2.05) is 35.9 Å². The summed E-state index contributed by atoms with van der Waals surface area (Å²) >= 11 is 0. The Morgan fingerprint density at radius 2 is 1.83 bits per heavy atom. The topological polar surface area (TPSA) is 79.7 Å². The van der Waals surface area contributed by atoms with Gasteiger partial charge in [0.25, 0.3) is 5.56 Å². The van der Waals surface area contributed by atoms with Crippen LogP contribution in [-0.2, 0) is 18.5 Å². The Kier molecular flexibility index (Phi) is 7.69. The summed E-state index contributed by atoms with van der Waals surface area (Å²) in [6.45, 7) is 14.2. The Morgan fingerprint density at radius 3 is 2.53 bits per heavy atom. The molecule has 1 N–H and O–H groups in total. The number of benzene rings is 2. The maximum atomic E-state index is 13.2. The predicted molar refractivity (Wildman–Crippen MR) is 145 cm³/mol. The second kappa shape index (κ2) is 10.7. The molecular formula is C29H38N6O. The molecule has 0 aliphatic rings. The van der Waals surface area contributed by atoms with E-state index in [2.05, 4.69) is 90.4 Å². The number of tetrazole rings is 1. The zero-order chi connectivity index (χ0) is 25.9. The minimum Gasteiger partial charge on any atom is -0.321 e. The van der Waals surface area contributed by atoms with Gasteiger partial charge in [-0.25, -0.2) is 4.68 Å². The Labute approximate surface area is 213 Å². The van der Waals surface area contributed by atoms with Crippen molar-refractivity contribution in [3.05, 3.63) is 87.5 Å². The number of hydrogen-bond donors (Lipinski definition) is 1. The van der Waals surface area contributed by atoms with Crippen molar-refractivity contribution < 1.29 is 0 Å². The molecular weight excluding hydrogens is 448 g/mol. The van der Waals surface area contributed by atoms with E-state index in [-0.39, 0.29) is 23.1 Å². The van der Waals surface area contributed by atoms with Crippen LogP contribution in [-0.4, -0.2) is 36.6 Å². The molecule has 0 radical (unpaired) electrons. The van der Waals surface area contributed by atoms with Gasteiger partial charge in [0, 0.05) is 18.7 Å². The number of aromatic nitrogens is 5. The van der Waals surface area contributed by atoms with E-state index in [0.717, 1.165) is 47.2 Å². The zero-order valence-electron chi connectivity index (χ0n) is 22.3. The Morgan fingerprint density at radius 1 is 1.08 bits per heavy atom. The van der Waals surface area contributed by atoms with E-state index in [1.165, 1.54) is 5.56 Å². The number of rotatable bonds is 10. The van der Waals surface area contributed by atoms with Crippen LogP contribution in [0.5, 0.6) is 0 Å². The lowest BCUT2D eigenvalue weighted by Crippen LogP contribution is -2.39. The molecule has 7 heteroatoms. The van der Waals surface area contributed by atoms with Crippen molar-refractivity contribution in [3.8, 4) is 0 Å². The molecule has 0 bridgehead atoms. The molecule has 190 valence electrons. The number of para-hydroxylation sites is 1. The van der Waals surface area contributed by atoms with E-state index in [9.17, 15) is 4.79 Å². The average Bonchev–Trinajstić information content (AvgIpc) is 3.34. The molecule has 4 aromatic rings. The van der Waals surface area contributed by atoms with Crippen LogP contribution in [0.25, 0.3) is 10.9 Å². The first-order valence-electron chi connectivity index (χ1n) is 12.9. The normalized spacial score (nSPS) is 13.1. The molecule has 1 atom stereocenters. The van der Waals surface area contributed by atoms with Crippen LogP contribution < -0.4 is 5.56 Å². The van der Waals surface area contributed by atoms with Crippen LogP contribution in [0.2, 0.25) is 0 Å². The van der Waals surface area contributed by atoms with Crippen molar-refractivity contribution >= 4 is 10.9 Å². The van der Waals surface area contributed by atoms with Gasteiger partial charge in [-0.05, 0) is 72.5 Å². The van der Waals surface area contributed by atoms with Crippen molar-refractivity contribution in [1.29, 1.82) is 0 Å². The van der Waals surface area contributed by atoms with Crippen molar-refractivity contribution in [2.24, 2.45) is 5.92 Å². The van der Waals surface area contributed by atoms with Gasteiger partial charge in [-0.3, -0.25) is 9.69 Å². The molecule has 7 nitrogen and oxygen atoms in total. The van der Waals surface area contributed by atoms with Gasteiger partial charge in [0.15, 0.2) is 5.82 Å². The number of nitrogens with one attached hydrogen (secondary N) is 1. The third-order valence-electron chi connectivity index (χ3n) is 7.29. The fourth-order valence-corrected chi connectivity index (χ4v) is 4.84. The fourth-order valence-electron chi connectivity index (χ4n) is 4.84. The first-order chi connectivity index (χ1) is 17.2. The van der Waals surface area contributed by atoms with Crippen LogP contribution >= 0.6 is 0 Å². The van der Waals surface area contributed by atoms with Gasteiger partial charge in [0.05, 0.1) is 17.1 Å². The van der Waals surface area contributed by atoms with Gasteiger partial charge in [-0.15, -0.1) is 5.10 Å². The largest absolute Gasteiger partial charge is 0.321 e. The van der Waals surface area contributed by atoms with Crippen LogP contribution in [0.1, 0.15) is 69.6 Å². The van der Waals surface area contributed by atoms with Gasteiger partial charge in [-0.2, -0.15) is 0 Å². The number of aryl methyl sites for hydroxylation is 1. The van der Waals surface area contributed by atoms with Crippen LogP contribution in [0.4, 0.5) is 0 Å². The van der Waals surface area contributed by atoms with Crippen LogP contribution in [0, 0.1) is 12.8 Å². The van der Waals surface area contributed by atoms with Gasteiger partial charge < -0.3 is 4.98 Å². The Balaban J connectivity index is 1.76. The molecule has 0 aliphatic carbocycles. The van der Waals surface area contributed by atoms with Crippen molar-refractivity contribution in [1.82, 2.24) is 30.1 Å². The molecule has 0 amide bonds. The SMILES string of the molecule is CCC(C)(C)n1nnnc1[C@@H](C(C)C)N(CCc1ccccc1)Cc1cc2cccc(C)c2[nH]c1=O. The van der Waals surface area contributed by atoms with Crippen molar-refractivity contribution in [2.75, 3.05) is 6.54 Å². The predicted octanol–water partition coefficient (Wildman–Crippen LogP) is 5.41. The lowest BCUT2D eigenvalue weighted by Gasteiger charge is -2.35. The molecule has 4 rings (SSSR count). The summed E-state index contributed by atoms with van der Waals surface area (Å²) in [6.07, 6.45) is 1.77. The first-order valence-corrected chi connectivity index (χ1v) is 12.9. The van der Waals surface area contributed by atoms with Crippen molar-refractivity contribution in [2.45, 2.75) is 72.5 Å². The summed E-state index contributed by atoms with van der Waals surface area (Å²) in [5.74, 6) is 1.08. The van der Waals surface area contributed by atoms with E-state index in [0.29, 0.717) is 6.54 Å². The number of pyridine rings is 1. The summed E-state index contributed by atoms with van der Waals surface area (Å²) in [6, 6.07) is 18.6. The van der Waals surface area contributed by atoms with Crippen LogP contribution in [0.15, 0.2) is 59.4 Å². The molecule has 2 aromatic carbocycles. The average molecular weight is 487 g/mol. The van der Waals surface area contributed by atoms with Gasteiger partial charge in [-0.1, -0.05) is 69.3 Å². The van der Waals surface area contributed by atoms with Crippen LogP contribution in [0.3, 0.4) is 0 Å². The third-order valence-corrected chi connectivity index (χ3v) is 7.29. The molecule has 0 saturated heterocycles. The standard InChI is InChI=1S/C29H38N6O/c1-7-29(5,6)35-27(31-32-33-35)26(20(2)3)34(17-16-22-13-9-8-10-14-22)19-24-18-23-15-11-12-21(4)25(23)30-28(24)36/h8-15,18,20,26H,7,16-17,19H2,1-6H3,(H,30,36)/t26-/m1/s1. The van der Waals surface area contributed by atoms with Gasteiger partial charge >= 0.3 is 0 Å². The Hall–Kier alpha value is -3.32. The summed E-state index contributed by atoms with van der Waals surface area (Å²) in [5, 5.41) is 14.1.